The van der Waals surface area contributed by atoms with Crippen LogP contribution in [0.1, 0.15) is 6.92 Å². The summed E-state index contributed by atoms with van der Waals surface area (Å²) >= 11 is 0. The minimum absolute atomic E-state index is 0.0478. The molecule has 0 radical (unpaired) electrons. The largest absolute Gasteiger partial charge is 0.481 e. The van der Waals surface area contributed by atoms with Crippen molar-refractivity contribution in [1.82, 2.24) is 0 Å². The summed E-state index contributed by atoms with van der Waals surface area (Å²) < 4.78 is 0. The van der Waals surface area contributed by atoms with E-state index in [2.05, 4.69) is 0 Å². The predicted molar refractivity (Wildman–Crippen MR) is 48.3 cm³/mol. The van der Waals surface area contributed by atoms with E-state index in [1.165, 1.54) is 13.0 Å². The number of nitrogens with one attached hydrogen (secondary N) is 1. The van der Waals surface area contributed by atoms with Gasteiger partial charge in [-0.1, -0.05) is 0 Å². The quantitative estimate of drug-likeness (QED) is 0.603. The van der Waals surface area contributed by atoms with Gasteiger partial charge in [0.1, 0.15) is 5.92 Å². The minimum Gasteiger partial charge on any atom is -0.481 e. The second-order valence-electron chi connectivity index (χ2n) is 2.98. The maximum absolute atomic E-state index is 10.7. The molecule has 5 nitrogen and oxygen atoms in total. The Hall–Kier alpha value is -1.91. The fourth-order valence-electron chi connectivity index (χ4n) is 1.23. The van der Waals surface area contributed by atoms with E-state index in [0.717, 1.165) is 6.08 Å². The molecule has 5 heteroatoms. The summed E-state index contributed by atoms with van der Waals surface area (Å²) in [5.74, 6) is -3.53. The van der Waals surface area contributed by atoms with Gasteiger partial charge in [-0.25, -0.2) is 4.79 Å². The smallest absolute Gasteiger partial charge is 0.335 e. The molecule has 0 heterocycles. The molecule has 0 aromatic rings. The third-order valence-electron chi connectivity index (χ3n) is 1.96. The van der Waals surface area contributed by atoms with Crippen molar-refractivity contribution >= 4 is 17.7 Å². The zero-order valence-electron chi connectivity index (χ0n) is 7.44. The maximum Gasteiger partial charge on any atom is 0.335 e. The van der Waals surface area contributed by atoms with Gasteiger partial charge < -0.3 is 15.6 Å². The molecule has 1 aliphatic carbocycles. The molecule has 0 spiro atoms. The second kappa shape index (κ2) is 3.45. The van der Waals surface area contributed by atoms with Gasteiger partial charge in [0.05, 0.1) is 5.57 Å². The van der Waals surface area contributed by atoms with Gasteiger partial charge in [-0.3, -0.25) is 4.79 Å². The van der Waals surface area contributed by atoms with Gasteiger partial charge in [-0.05, 0) is 24.6 Å². The Labute approximate surface area is 79.9 Å². The van der Waals surface area contributed by atoms with E-state index in [0.29, 0.717) is 5.57 Å². The molecule has 0 amide bonds. The van der Waals surface area contributed by atoms with Crippen molar-refractivity contribution in [3.63, 3.8) is 0 Å². The first-order valence-corrected chi connectivity index (χ1v) is 3.88. The number of carboxylic acids is 2. The summed E-state index contributed by atoms with van der Waals surface area (Å²) in [7, 11) is 0. The van der Waals surface area contributed by atoms with E-state index in [1.807, 2.05) is 0 Å². The van der Waals surface area contributed by atoms with Crippen molar-refractivity contribution in [2.45, 2.75) is 6.92 Å². The molecular formula is C9H9NO4. The van der Waals surface area contributed by atoms with Crippen molar-refractivity contribution < 1.29 is 19.8 Å². The van der Waals surface area contributed by atoms with Crippen LogP contribution in [0.25, 0.3) is 0 Å². The Kier molecular flexibility index (Phi) is 2.51. The lowest BCUT2D eigenvalue weighted by atomic mass is 9.90. The van der Waals surface area contributed by atoms with E-state index in [-0.39, 0.29) is 11.3 Å². The SMILES string of the molecule is CC1=CC(=N)C(C(=O)O)C=C1C(=O)O. The Morgan fingerprint density at radius 1 is 1.43 bits per heavy atom. The first-order valence-electron chi connectivity index (χ1n) is 3.88. The van der Waals surface area contributed by atoms with Gasteiger partial charge >= 0.3 is 11.9 Å². The van der Waals surface area contributed by atoms with E-state index >= 15 is 0 Å². The number of carboxylic acid groups (broad SMARTS) is 2. The van der Waals surface area contributed by atoms with E-state index in [9.17, 15) is 9.59 Å². The van der Waals surface area contributed by atoms with Gasteiger partial charge in [0, 0.05) is 5.71 Å². The lowest BCUT2D eigenvalue weighted by Crippen LogP contribution is -2.24. The number of carbonyl (C=O) groups is 2. The molecular weight excluding hydrogens is 186 g/mol. The maximum atomic E-state index is 10.7. The monoisotopic (exact) mass is 195 g/mol. The summed E-state index contributed by atoms with van der Waals surface area (Å²) in [6, 6.07) is 0. The van der Waals surface area contributed by atoms with Crippen LogP contribution in [0.15, 0.2) is 23.3 Å². The second-order valence-corrected chi connectivity index (χ2v) is 2.98. The van der Waals surface area contributed by atoms with Gasteiger partial charge in [0.25, 0.3) is 0 Å². The van der Waals surface area contributed by atoms with Crippen LogP contribution in [-0.4, -0.2) is 27.9 Å². The molecule has 1 unspecified atom stereocenters. The van der Waals surface area contributed by atoms with Gasteiger partial charge in [0.15, 0.2) is 0 Å². The van der Waals surface area contributed by atoms with Crippen LogP contribution >= 0.6 is 0 Å². The fraction of sp³-hybridized carbons (Fsp3) is 0.222. The molecule has 0 aromatic heterocycles. The lowest BCUT2D eigenvalue weighted by molar-refractivity contribution is -0.138. The van der Waals surface area contributed by atoms with Gasteiger partial charge in [-0.15, -0.1) is 0 Å². The molecule has 0 bridgehead atoms. The van der Waals surface area contributed by atoms with E-state index in [1.54, 1.807) is 0 Å². The van der Waals surface area contributed by atoms with Gasteiger partial charge in [-0.2, -0.15) is 0 Å². The first kappa shape index (κ1) is 10.2. The summed E-state index contributed by atoms with van der Waals surface area (Å²) in [4.78, 5) is 21.3. The number of rotatable bonds is 2. The molecule has 74 valence electrons. The molecule has 1 rings (SSSR count). The normalized spacial score (nSPS) is 21.2. The number of hydrogen-bond donors (Lipinski definition) is 3. The molecule has 0 aromatic carbocycles. The Bertz CT molecular complexity index is 378. The Morgan fingerprint density at radius 2 is 2.00 bits per heavy atom. The highest BCUT2D eigenvalue weighted by molar-refractivity contribution is 6.12. The Balaban J connectivity index is 3.13. The summed E-state index contributed by atoms with van der Waals surface area (Å²) in [5.41, 5.74) is 0.258. The fourth-order valence-corrected chi connectivity index (χ4v) is 1.23. The highest BCUT2D eigenvalue weighted by Crippen LogP contribution is 2.20. The Morgan fingerprint density at radius 3 is 2.43 bits per heavy atom. The standard InChI is InChI=1S/C9H9NO4/c1-4-2-7(10)6(9(13)14)3-5(4)8(11)12/h2-3,6,10H,1H3,(H,11,12)(H,13,14). The minimum atomic E-state index is -1.21. The van der Waals surface area contributed by atoms with Gasteiger partial charge in [0.2, 0.25) is 0 Å². The number of allylic oxidation sites excluding steroid dienone is 1. The van der Waals surface area contributed by atoms with Crippen molar-refractivity contribution in [1.29, 1.82) is 5.41 Å². The topological polar surface area (TPSA) is 98.5 Å². The average Bonchev–Trinajstić information content (AvgIpc) is 2.02. The molecule has 14 heavy (non-hydrogen) atoms. The van der Waals surface area contributed by atoms with Crippen molar-refractivity contribution in [3.05, 3.63) is 23.3 Å². The molecule has 0 aliphatic heterocycles. The zero-order valence-corrected chi connectivity index (χ0v) is 7.44. The average molecular weight is 195 g/mol. The zero-order chi connectivity index (χ0) is 10.9. The van der Waals surface area contributed by atoms with Crippen LogP contribution in [0.5, 0.6) is 0 Å². The molecule has 0 saturated carbocycles. The third kappa shape index (κ3) is 1.71. The molecule has 3 N–H and O–H groups in total. The molecule has 1 aliphatic rings. The van der Waals surface area contributed by atoms with Crippen LogP contribution in [0, 0.1) is 11.3 Å². The van der Waals surface area contributed by atoms with Crippen molar-refractivity contribution in [2.24, 2.45) is 5.92 Å². The van der Waals surface area contributed by atoms with E-state index < -0.39 is 17.9 Å². The number of aliphatic carboxylic acids is 2. The molecule has 0 saturated heterocycles. The van der Waals surface area contributed by atoms with E-state index in [4.69, 9.17) is 15.6 Å². The number of hydrogen-bond acceptors (Lipinski definition) is 3. The van der Waals surface area contributed by atoms with Crippen LogP contribution in [0.4, 0.5) is 0 Å². The first-order chi connectivity index (χ1) is 6.43. The summed E-state index contributed by atoms with van der Waals surface area (Å²) in [6.07, 6.45) is 2.35. The van der Waals surface area contributed by atoms with Crippen LogP contribution in [-0.2, 0) is 9.59 Å². The van der Waals surface area contributed by atoms with Crippen LogP contribution < -0.4 is 0 Å². The van der Waals surface area contributed by atoms with Crippen LogP contribution in [0.2, 0.25) is 0 Å². The lowest BCUT2D eigenvalue weighted by Gasteiger charge is -2.15. The summed E-state index contributed by atoms with van der Waals surface area (Å²) in [5, 5.41) is 24.8. The third-order valence-corrected chi connectivity index (χ3v) is 1.96. The highest BCUT2D eigenvalue weighted by atomic mass is 16.4. The summed E-state index contributed by atoms with van der Waals surface area (Å²) in [6.45, 7) is 1.53. The molecule has 1 atom stereocenters. The van der Waals surface area contributed by atoms with Crippen molar-refractivity contribution in [2.75, 3.05) is 0 Å². The van der Waals surface area contributed by atoms with Crippen LogP contribution in [0.3, 0.4) is 0 Å². The highest BCUT2D eigenvalue weighted by Gasteiger charge is 2.26. The molecule has 0 fully saturated rings. The van der Waals surface area contributed by atoms with Crippen molar-refractivity contribution in [3.8, 4) is 0 Å². The predicted octanol–water partition coefficient (Wildman–Crippen LogP) is 0.678.